The summed E-state index contributed by atoms with van der Waals surface area (Å²) in [4.78, 5) is 28.5. The van der Waals surface area contributed by atoms with Crippen molar-refractivity contribution in [3.05, 3.63) is 41.8 Å². The molecule has 0 saturated carbocycles. The first-order chi connectivity index (χ1) is 16.2. The maximum Gasteiger partial charge on any atom is 0.410 e. The first-order valence-corrected chi connectivity index (χ1v) is 12.2. The lowest BCUT2D eigenvalue weighted by Crippen LogP contribution is -2.55. The zero-order valence-corrected chi connectivity index (χ0v) is 20.9. The van der Waals surface area contributed by atoms with Gasteiger partial charge in [0, 0.05) is 55.7 Å². The molecule has 0 N–H and O–H groups in total. The minimum absolute atomic E-state index is 0.0816. The Morgan fingerprint density at radius 1 is 1.15 bits per heavy atom. The van der Waals surface area contributed by atoms with Crippen LogP contribution in [0.15, 0.2) is 36.8 Å². The van der Waals surface area contributed by atoms with E-state index in [4.69, 9.17) is 21.3 Å². The molecule has 3 aromatic rings. The van der Waals surface area contributed by atoms with Crippen LogP contribution in [-0.4, -0.2) is 69.9 Å². The van der Waals surface area contributed by atoms with Gasteiger partial charge in [0.25, 0.3) is 0 Å². The first kappa shape index (κ1) is 22.8. The minimum atomic E-state index is -0.508. The predicted molar refractivity (Wildman–Crippen MR) is 135 cm³/mol. The van der Waals surface area contributed by atoms with Crippen LogP contribution in [0.3, 0.4) is 0 Å². The second-order valence-electron chi connectivity index (χ2n) is 10.1. The van der Waals surface area contributed by atoms with Gasteiger partial charge in [-0.15, -0.1) is 0 Å². The van der Waals surface area contributed by atoms with Crippen molar-refractivity contribution in [3.8, 4) is 5.69 Å². The fourth-order valence-corrected chi connectivity index (χ4v) is 4.81. The van der Waals surface area contributed by atoms with E-state index in [1.807, 2.05) is 45.0 Å². The largest absolute Gasteiger partial charge is 0.444 e. The second kappa shape index (κ2) is 8.65. The van der Waals surface area contributed by atoms with Crippen LogP contribution in [0.4, 0.5) is 16.3 Å². The third-order valence-electron chi connectivity index (χ3n) is 6.38. The van der Waals surface area contributed by atoms with E-state index in [2.05, 4.69) is 32.5 Å². The number of rotatable bonds is 3. The summed E-state index contributed by atoms with van der Waals surface area (Å²) in [6, 6.07) is 7.89. The molecule has 34 heavy (non-hydrogen) atoms. The van der Waals surface area contributed by atoms with Crippen molar-refractivity contribution >= 4 is 40.2 Å². The molecule has 2 fully saturated rings. The van der Waals surface area contributed by atoms with E-state index >= 15 is 0 Å². The molecular weight excluding hydrogens is 452 g/mol. The number of anilines is 2. The molecule has 5 rings (SSSR count). The number of hydrogen-bond donors (Lipinski definition) is 0. The van der Waals surface area contributed by atoms with E-state index in [1.165, 1.54) is 6.42 Å². The molecule has 0 bridgehead atoms. The third-order valence-corrected chi connectivity index (χ3v) is 6.61. The number of carbonyl (C=O) groups is 1. The Labute approximate surface area is 205 Å². The molecule has 1 atom stereocenters. The normalized spacial score (nSPS) is 18.9. The van der Waals surface area contributed by atoms with Crippen LogP contribution in [0.1, 0.15) is 34.1 Å². The van der Waals surface area contributed by atoms with Gasteiger partial charge in [0.1, 0.15) is 17.7 Å². The molecule has 0 spiro atoms. The van der Waals surface area contributed by atoms with E-state index in [0.29, 0.717) is 24.7 Å². The van der Waals surface area contributed by atoms with Gasteiger partial charge in [-0.25, -0.2) is 14.8 Å². The summed E-state index contributed by atoms with van der Waals surface area (Å²) in [7, 11) is 0. The van der Waals surface area contributed by atoms with Gasteiger partial charge >= 0.3 is 6.09 Å². The standard InChI is InChI=1S/C25H31ClN6O2/c1-17-14-30(24(33)34-25(2,3)4)11-12-31(17)22-21-20(29-9-6-10-29)15-32(23(21)28-16-27-22)19-8-5-7-18(26)13-19/h5,7-8,13,15-17H,6,9-12,14H2,1-4H3/t17-/m0/s1. The molecule has 1 aromatic carbocycles. The van der Waals surface area contributed by atoms with Crippen LogP contribution in [-0.2, 0) is 4.74 Å². The Balaban J connectivity index is 1.51. The molecule has 180 valence electrons. The highest BCUT2D eigenvalue weighted by atomic mass is 35.5. The number of benzene rings is 1. The summed E-state index contributed by atoms with van der Waals surface area (Å²) in [6.45, 7) is 11.7. The van der Waals surface area contributed by atoms with Crippen molar-refractivity contribution in [2.75, 3.05) is 42.5 Å². The predicted octanol–water partition coefficient (Wildman–Crippen LogP) is 4.73. The van der Waals surface area contributed by atoms with E-state index in [9.17, 15) is 4.79 Å². The lowest BCUT2D eigenvalue weighted by molar-refractivity contribution is 0.0218. The van der Waals surface area contributed by atoms with Gasteiger partial charge in [-0.05, 0) is 52.3 Å². The van der Waals surface area contributed by atoms with Gasteiger partial charge in [-0.2, -0.15) is 0 Å². The molecule has 2 aliphatic heterocycles. The average Bonchev–Trinajstić information content (AvgIpc) is 3.11. The smallest absolute Gasteiger partial charge is 0.410 e. The van der Waals surface area contributed by atoms with E-state index < -0.39 is 5.60 Å². The SMILES string of the molecule is C[C@H]1CN(C(=O)OC(C)(C)C)CCN1c1ncnc2c1c(N1CCC1)cn2-c1cccc(Cl)c1. The van der Waals surface area contributed by atoms with Crippen LogP contribution >= 0.6 is 11.6 Å². The lowest BCUT2D eigenvalue weighted by atomic mass is 10.1. The molecule has 2 aliphatic rings. The van der Waals surface area contributed by atoms with Crippen LogP contribution in [0.5, 0.6) is 0 Å². The summed E-state index contributed by atoms with van der Waals surface area (Å²) >= 11 is 6.30. The Bertz CT molecular complexity index is 1220. The Kier molecular flexibility index (Phi) is 5.80. The van der Waals surface area contributed by atoms with Crippen LogP contribution in [0, 0.1) is 0 Å². The number of amides is 1. The quantitative estimate of drug-likeness (QED) is 0.537. The molecule has 2 saturated heterocycles. The zero-order valence-electron chi connectivity index (χ0n) is 20.2. The summed E-state index contributed by atoms with van der Waals surface area (Å²) < 4.78 is 7.69. The van der Waals surface area contributed by atoms with E-state index in [1.54, 1.807) is 11.2 Å². The average molecular weight is 483 g/mol. The monoisotopic (exact) mass is 482 g/mol. The summed E-state index contributed by atoms with van der Waals surface area (Å²) in [5, 5.41) is 1.73. The molecule has 0 unspecified atom stereocenters. The van der Waals surface area contributed by atoms with E-state index in [-0.39, 0.29) is 12.1 Å². The summed E-state index contributed by atoms with van der Waals surface area (Å²) in [5.41, 5.74) is 2.46. The number of ether oxygens (including phenoxy) is 1. The van der Waals surface area contributed by atoms with Crippen LogP contribution in [0.2, 0.25) is 5.02 Å². The highest BCUT2D eigenvalue weighted by molar-refractivity contribution is 6.30. The molecule has 2 aromatic heterocycles. The highest BCUT2D eigenvalue weighted by Gasteiger charge is 2.33. The number of piperazine rings is 1. The molecule has 1 amide bonds. The van der Waals surface area contributed by atoms with Gasteiger partial charge in [-0.1, -0.05) is 17.7 Å². The maximum atomic E-state index is 12.6. The first-order valence-electron chi connectivity index (χ1n) is 11.8. The molecule has 0 aliphatic carbocycles. The number of carbonyl (C=O) groups excluding carboxylic acids is 1. The minimum Gasteiger partial charge on any atom is -0.444 e. The Hall–Kier alpha value is -3.00. The number of halogens is 1. The van der Waals surface area contributed by atoms with Gasteiger partial charge in [-0.3, -0.25) is 4.57 Å². The summed E-state index contributed by atoms with van der Waals surface area (Å²) in [6.07, 6.45) is 4.69. The molecule has 0 radical (unpaired) electrons. The Morgan fingerprint density at radius 2 is 1.94 bits per heavy atom. The van der Waals surface area contributed by atoms with Crippen molar-refractivity contribution in [1.82, 2.24) is 19.4 Å². The van der Waals surface area contributed by atoms with Crippen molar-refractivity contribution in [2.45, 2.75) is 45.8 Å². The van der Waals surface area contributed by atoms with Crippen molar-refractivity contribution < 1.29 is 9.53 Å². The van der Waals surface area contributed by atoms with E-state index in [0.717, 1.165) is 41.3 Å². The van der Waals surface area contributed by atoms with Crippen LogP contribution in [0.25, 0.3) is 16.7 Å². The maximum absolute atomic E-state index is 12.6. The van der Waals surface area contributed by atoms with Crippen molar-refractivity contribution in [1.29, 1.82) is 0 Å². The fourth-order valence-electron chi connectivity index (χ4n) is 4.63. The zero-order chi connectivity index (χ0) is 24.0. The third kappa shape index (κ3) is 4.27. The molecule has 9 heteroatoms. The number of hydrogen-bond acceptors (Lipinski definition) is 6. The van der Waals surface area contributed by atoms with Gasteiger partial charge < -0.3 is 19.4 Å². The van der Waals surface area contributed by atoms with Gasteiger partial charge in [0.2, 0.25) is 0 Å². The second-order valence-corrected chi connectivity index (χ2v) is 10.5. The summed E-state index contributed by atoms with van der Waals surface area (Å²) in [5.74, 6) is 0.906. The Morgan fingerprint density at radius 3 is 2.59 bits per heavy atom. The fraction of sp³-hybridized carbons (Fsp3) is 0.480. The number of fused-ring (bicyclic) bond motifs is 1. The molecule has 8 nitrogen and oxygen atoms in total. The topological polar surface area (TPSA) is 66.7 Å². The molecule has 4 heterocycles. The van der Waals surface area contributed by atoms with Crippen molar-refractivity contribution in [2.24, 2.45) is 0 Å². The van der Waals surface area contributed by atoms with Crippen LogP contribution < -0.4 is 9.80 Å². The van der Waals surface area contributed by atoms with Gasteiger partial charge in [0.15, 0.2) is 5.65 Å². The van der Waals surface area contributed by atoms with Crippen molar-refractivity contribution in [3.63, 3.8) is 0 Å². The highest BCUT2D eigenvalue weighted by Crippen LogP contribution is 2.39. The molecular formula is C25H31ClN6O2. The number of nitrogens with zero attached hydrogens (tertiary/aromatic N) is 6. The lowest BCUT2D eigenvalue weighted by Gasteiger charge is -2.41. The van der Waals surface area contributed by atoms with Gasteiger partial charge in [0.05, 0.1) is 11.1 Å². The number of aromatic nitrogens is 3.